The van der Waals surface area contributed by atoms with Gasteiger partial charge in [0.1, 0.15) is 0 Å². The minimum absolute atomic E-state index is 0. The van der Waals surface area contributed by atoms with Gasteiger partial charge in [0.05, 0.1) is 24.6 Å². The summed E-state index contributed by atoms with van der Waals surface area (Å²) in [6, 6.07) is 0. The van der Waals surface area contributed by atoms with E-state index in [1.165, 1.54) is 109 Å². The molecule has 0 atom stereocenters. The Hall–Kier alpha value is 0.910. The fourth-order valence-electron chi connectivity index (χ4n) is 4.44. The van der Waals surface area contributed by atoms with Crippen molar-refractivity contribution in [2.75, 3.05) is 24.6 Å². The summed E-state index contributed by atoms with van der Waals surface area (Å²) in [5.74, 6) is 0. The van der Waals surface area contributed by atoms with Gasteiger partial charge in [-0.25, -0.2) is 0 Å². The summed E-state index contributed by atoms with van der Waals surface area (Å²) < 4.78 is 0. The molecule has 0 radical (unpaired) electrons. The molecule has 0 saturated carbocycles. The fraction of sp³-hybridized carbons (Fsp3) is 1.00. The molecule has 0 aromatic rings. The molecular weight excluding hydrogens is 423 g/mol. The SMILES string of the molecule is CCCCCCCCCCCCCC[P+](CCCC)(CCCC)CCCC.[Br-]. The highest BCUT2D eigenvalue weighted by molar-refractivity contribution is 7.75. The van der Waals surface area contributed by atoms with Crippen LogP contribution in [0.1, 0.15) is 143 Å². The Kier molecular flexibility index (Phi) is 26.9. The lowest BCUT2D eigenvalue weighted by atomic mass is 10.1. The van der Waals surface area contributed by atoms with Crippen molar-refractivity contribution in [2.24, 2.45) is 0 Å². The molecule has 0 unspecified atom stereocenters. The van der Waals surface area contributed by atoms with E-state index in [-0.39, 0.29) is 17.0 Å². The summed E-state index contributed by atoms with van der Waals surface area (Å²) in [7, 11) is -0.626. The lowest BCUT2D eigenvalue weighted by Crippen LogP contribution is -3.00. The van der Waals surface area contributed by atoms with Gasteiger partial charge in [0.2, 0.25) is 0 Å². The molecule has 2 heteroatoms. The molecule has 28 heavy (non-hydrogen) atoms. The van der Waals surface area contributed by atoms with E-state index in [0.717, 1.165) is 0 Å². The van der Waals surface area contributed by atoms with Gasteiger partial charge in [-0.3, -0.25) is 0 Å². The van der Waals surface area contributed by atoms with Crippen LogP contribution in [0.4, 0.5) is 0 Å². The lowest BCUT2D eigenvalue weighted by Gasteiger charge is -2.28. The molecule has 0 spiro atoms. The average molecular weight is 480 g/mol. The highest BCUT2D eigenvalue weighted by Crippen LogP contribution is 2.61. The molecule has 0 aromatic heterocycles. The highest BCUT2D eigenvalue weighted by atomic mass is 79.9. The van der Waals surface area contributed by atoms with Gasteiger partial charge in [-0.1, -0.05) is 111 Å². The molecule has 0 bridgehead atoms. The molecule has 0 fully saturated rings. The van der Waals surface area contributed by atoms with Gasteiger partial charge in [-0.15, -0.1) is 0 Å². The summed E-state index contributed by atoms with van der Waals surface area (Å²) in [6.07, 6.45) is 33.0. The maximum atomic E-state index is 2.39. The predicted molar refractivity (Wildman–Crippen MR) is 132 cm³/mol. The van der Waals surface area contributed by atoms with E-state index < -0.39 is 7.26 Å². The molecule has 0 aliphatic heterocycles. The Labute approximate surface area is 191 Å². The molecule has 0 N–H and O–H groups in total. The minimum atomic E-state index is -0.626. The van der Waals surface area contributed by atoms with Crippen LogP contribution in [-0.2, 0) is 0 Å². The van der Waals surface area contributed by atoms with Gasteiger partial charge in [-0.2, -0.15) is 0 Å². The molecule has 0 aliphatic carbocycles. The second kappa shape index (κ2) is 24.2. The summed E-state index contributed by atoms with van der Waals surface area (Å²) in [5, 5.41) is 0. The van der Waals surface area contributed by atoms with Crippen molar-refractivity contribution in [2.45, 2.75) is 143 Å². The highest BCUT2D eigenvalue weighted by Gasteiger charge is 2.34. The first kappa shape index (κ1) is 31.1. The van der Waals surface area contributed by atoms with Crippen LogP contribution in [0.5, 0.6) is 0 Å². The average Bonchev–Trinajstić information content (AvgIpc) is 2.69. The van der Waals surface area contributed by atoms with Crippen LogP contribution in [0.2, 0.25) is 0 Å². The monoisotopic (exact) mass is 478 g/mol. The molecule has 0 aromatic carbocycles. The first-order valence-electron chi connectivity index (χ1n) is 13.1. The van der Waals surface area contributed by atoms with Crippen LogP contribution in [0.3, 0.4) is 0 Å². The molecule has 0 saturated heterocycles. The van der Waals surface area contributed by atoms with Crippen LogP contribution in [0.15, 0.2) is 0 Å². The van der Waals surface area contributed by atoms with Crippen molar-refractivity contribution in [3.05, 3.63) is 0 Å². The zero-order chi connectivity index (χ0) is 20.1. The third kappa shape index (κ3) is 18.9. The Bertz CT molecular complexity index is 258. The van der Waals surface area contributed by atoms with Gasteiger partial charge in [0.15, 0.2) is 0 Å². The number of hydrogen-bond donors (Lipinski definition) is 0. The Morgan fingerprint density at radius 2 is 0.571 bits per heavy atom. The molecule has 0 rings (SSSR count). The van der Waals surface area contributed by atoms with Crippen molar-refractivity contribution in [1.29, 1.82) is 0 Å². The van der Waals surface area contributed by atoms with Crippen LogP contribution < -0.4 is 17.0 Å². The second-order valence-electron chi connectivity index (χ2n) is 9.19. The zero-order valence-corrected chi connectivity index (χ0v) is 22.9. The summed E-state index contributed by atoms with van der Waals surface area (Å²) in [4.78, 5) is 0. The van der Waals surface area contributed by atoms with Crippen molar-refractivity contribution < 1.29 is 17.0 Å². The van der Waals surface area contributed by atoms with E-state index in [4.69, 9.17) is 0 Å². The predicted octanol–water partition coefficient (Wildman–Crippen LogP) is 7.11. The number of hydrogen-bond acceptors (Lipinski definition) is 0. The topological polar surface area (TPSA) is 0 Å². The maximum absolute atomic E-state index is 2.39. The van der Waals surface area contributed by atoms with Gasteiger partial charge in [0, 0.05) is 7.26 Å². The number of rotatable bonds is 22. The quantitative estimate of drug-likeness (QED) is 0.115. The Morgan fingerprint density at radius 1 is 0.321 bits per heavy atom. The molecular formula is C26H56BrP. The summed E-state index contributed by atoms with van der Waals surface area (Å²) in [6.45, 7) is 9.47. The minimum Gasteiger partial charge on any atom is -1.00 e. The second-order valence-corrected chi connectivity index (χ2v) is 13.7. The number of unbranched alkanes of at least 4 members (excludes halogenated alkanes) is 14. The molecule has 0 heterocycles. The third-order valence-corrected chi connectivity index (χ3v) is 11.5. The van der Waals surface area contributed by atoms with Crippen LogP contribution in [-0.4, -0.2) is 24.6 Å². The van der Waals surface area contributed by atoms with E-state index >= 15 is 0 Å². The van der Waals surface area contributed by atoms with E-state index in [1.54, 1.807) is 31.1 Å². The molecule has 0 aliphatic rings. The third-order valence-electron chi connectivity index (χ3n) is 6.44. The van der Waals surface area contributed by atoms with Gasteiger partial charge in [-0.05, 0) is 32.1 Å². The maximum Gasteiger partial charge on any atom is 0.0594 e. The zero-order valence-electron chi connectivity index (χ0n) is 20.4. The normalized spacial score (nSPS) is 11.6. The molecule has 172 valence electrons. The fourth-order valence-corrected chi connectivity index (χ4v) is 9.64. The first-order chi connectivity index (χ1) is 13.2. The van der Waals surface area contributed by atoms with E-state index in [9.17, 15) is 0 Å². The largest absolute Gasteiger partial charge is 1.00 e. The van der Waals surface area contributed by atoms with Gasteiger partial charge < -0.3 is 17.0 Å². The van der Waals surface area contributed by atoms with E-state index in [1.807, 2.05) is 0 Å². The number of halogens is 1. The van der Waals surface area contributed by atoms with Gasteiger partial charge >= 0.3 is 0 Å². The lowest BCUT2D eigenvalue weighted by molar-refractivity contribution is -0.00000623. The van der Waals surface area contributed by atoms with E-state index in [2.05, 4.69) is 27.7 Å². The van der Waals surface area contributed by atoms with Crippen LogP contribution in [0.25, 0.3) is 0 Å². The summed E-state index contributed by atoms with van der Waals surface area (Å²) >= 11 is 0. The molecule has 0 nitrogen and oxygen atoms in total. The van der Waals surface area contributed by atoms with Crippen molar-refractivity contribution >= 4 is 7.26 Å². The Morgan fingerprint density at radius 3 is 0.893 bits per heavy atom. The van der Waals surface area contributed by atoms with Crippen molar-refractivity contribution in [1.82, 2.24) is 0 Å². The smallest absolute Gasteiger partial charge is 0.0594 e. The Balaban J connectivity index is 0. The summed E-state index contributed by atoms with van der Waals surface area (Å²) in [5.41, 5.74) is 0. The van der Waals surface area contributed by atoms with Crippen LogP contribution >= 0.6 is 7.26 Å². The van der Waals surface area contributed by atoms with Crippen molar-refractivity contribution in [3.8, 4) is 0 Å². The first-order valence-corrected chi connectivity index (χ1v) is 15.6. The van der Waals surface area contributed by atoms with Gasteiger partial charge in [0.25, 0.3) is 0 Å². The van der Waals surface area contributed by atoms with E-state index in [0.29, 0.717) is 0 Å². The molecule has 0 amide bonds. The van der Waals surface area contributed by atoms with Crippen molar-refractivity contribution in [3.63, 3.8) is 0 Å². The standard InChI is InChI=1S/C26H56P.BrH/c1-5-9-13-14-15-16-17-18-19-20-21-22-26-27(23-10-6-2,24-11-7-3)25-12-8-4;/h5-26H2,1-4H3;1H/q+1;/p-1. The van der Waals surface area contributed by atoms with Crippen LogP contribution in [0, 0.1) is 0 Å².